The van der Waals surface area contributed by atoms with Gasteiger partial charge in [0.1, 0.15) is 5.01 Å². The maximum absolute atomic E-state index is 12.9. The summed E-state index contributed by atoms with van der Waals surface area (Å²) in [5.41, 5.74) is 2.76. The standard InChI is InChI=1S/C21H15F3N2OS/c22-21(23,24)15-6-7-19-17(10-15)26-20(28-19)16(11-25)18(27)9-12-4-5-13-2-1-3-14(13)8-12/h4-8,10,16H,1-3,9H2/t16-/m1/s1. The molecule has 0 fully saturated rings. The number of ketones is 1. The number of Topliss-reactive ketones (excluding diaryl/α,β-unsaturated/α-hetero) is 1. The van der Waals surface area contributed by atoms with Gasteiger partial charge in [-0.05, 0) is 54.2 Å². The normalized spacial score (nSPS) is 14.6. The lowest BCUT2D eigenvalue weighted by molar-refractivity contribution is -0.137. The highest BCUT2D eigenvalue weighted by atomic mass is 32.1. The average Bonchev–Trinajstić information content (AvgIpc) is 3.26. The third-order valence-electron chi connectivity index (χ3n) is 4.97. The van der Waals surface area contributed by atoms with E-state index in [0.717, 1.165) is 48.3 Å². The summed E-state index contributed by atoms with van der Waals surface area (Å²) in [6, 6.07) is 11.2. The van der Waals surface area contributed by atoms with E-state index in [1.165, 1.54) is 17.2 Å². The van der Waals surface area contributed by atoms with Crippen molar-refractivity contribution in [2.45, 2.75) is 37.8 Å². The van der Waals surface area contributed by atoms with Crippen molar-refractivity contribution < 1.29 is 18.0 Å². The van der Waals surface area contributed by atoms with E-state index in [1.54, 1.807) is 0 Å². The van der Waals surface area contributed by atoms with Gasteiger partial charge in [0.05, 0.1) is 21.8 Å². The van der Waals surface area contributed by atoms with Crippen LogP contribution in [-0.2, 0) is 30.2 Å². The first-order valence-corrected chi connectivity index (χ1v) is 9.67. The lowest BCUT2D eigenvalue weighted by Crippen LogP contribution is -2.13. The number of thiazole rings is 1. The fourth-order valence-corrected chi connectivity index (χ4v) is 4.56. The quantitative estimate of drug-likeness (QED) is 0.603. The van der Waals surface area contributed by atoms with Crippen LogP contribution in [0.15, 0.2) is 36.4 Å². The number of aryl methyl sites for hydroxylation is 2. The summed E-state index contributed by atoms with van der Waals surface area (Å²) < 4.78 is 39.2. The van der Waals surface area contributed by atoms with Gasteiger partial charge < -0.3 is 0 Å². The van der Waals surface area contributed by atoms with Gasteiger partial charge >= 0.3 is 6.18 Å². The monoisotopic (exact) mass is 400 g/mol. The van der Waals surface area contributed by atoms with Crippen molar-refractivity contribution in [3.63, 3.8) is 0 Å². The summed E-state index contributed by atoms with van der Waals surface area (Å²) >= 11 is 1.09. The first-order chi connectivity index (χ1) is 13.3. The van der Waals surface area contributed by atoms with Crippen LogP contribution in [0.5, 0.6) is 0 Å². The Labute approximate surface area is 163 Å². The number of fused-ring (bicyclic) bond motifs is 2. The molecule has 3 aromatic rings. The van der Waals surface area contributed by atoms with Crippen LogP contribution in [0.4, 0.5) is 13.2 Å². The van der Waals surface area contributed by atoms with Crippen LogP contribution >= 0.6 is 11.3 Å². The number of nitrogens with zero attached hydrogens (tertiary/aromatic N) is 2. The number of halogens is 3. The molecule has 0 amide bonds. The van der Waals surface area contributed by atoms with Crippen LogP contribution in [0, 0.1) is 11.3 Å². The SMILES string of the molecule is N#C[C@H](C(=O)Cc1ccc2c(c1)CCC2)c1nc2cc(C(F)(F)F)ccc2s1. The van der Waals surface area contributed by atoms with Gasteiger partial charge in [-0.25, -0.2) is 4.98 Å². The first-order valence-electron chi connectivity index (χ1n) is 8.86. The van der Waals surface area contributed by atoms with Gasteiger partial charge in [-0.15, -0.1) is 11.3 Å². The topological polar surface area (TPSA) is 53.8 Å². The third-order valence-corrected chi connectivity index (χ3v) is 6.07. The predicted molar refractivity (Wildman–Crippen MR) is 100 cm³/mol. The Hall–Kier alpha value is -2.72. The van der Waals surface area contributed by atoms with Gasteiger partial charge in [-0.2, -0.15) is 18.4 Å². The zero-order valence-corrected chi connectivity index (χ0v) is 15.5. The van der Waals surface area contributed by atoms with Gasteiger partial charge in [0.15, 0.2) is 11.7 Å². The Morgan fingerprint density at radius 2 is 1.96 bits per heavy atom. The van der Waals surface area contributed by atoms with E-state index < -0.39 is 17.7 Å². The number of benzene rings is 2. The number of nitriles is 1. The minimum Gasteiger partial charge on any atom is -0.297 e. The summed E-state index contributed by atoms with van der Waals surface area (Å²) in [5.74, 6) is -1.38. The second-order valence-corrected chi connectivity index (χ2v) is 7.96. The average molecular weight is 400 g/mol. The molecule has 0 N–H and O–H groups in total. The van der Waals surface area contributed by atoms with Crippen molar-refractivity contribution in [3.8, 4) is 6.07 Å². The van der Waals surface area contributed by atoms with Crippen molar-refractivity contribution >= 4 is 27.3 Å². The Morgan fingerprint density at radius 3 is 2.71 bits per heavy atom. The molecule has 1 atom stereocenters. The number of hydrogen-bond donors (Lipinski definition) is 0. The van der Waals surface area contributed by atoms with Crippen LogP contribution < -0.4 is 0 Å². The van der Waals surface area contributed by atoms with Crippen molar-refractivity contribution in [2.75, 3.05) is 0 Å². The van der Waals surface area contributed by atoms with Gasteiger partial charge in [0.25, 0.3) is 0 Å². The molecule has 0 spiro atoms. The molecule has 0 aliphatic heterocycles. The minimum atomic E-state index is -4.46. The lowest BCUT2D eigenvalue weighted by atomic mass is 9.97. The Balaban J connectivity index is 1.59. The van der Waals surface area contributed by atoms with E-state index >= 15 is 0 Å². The first kappa shape index (κ1) is 18.6. The van der Waals surface area contributed by atoms with Gasteiger partial charge in [0.2, 0.25) is 0 Å². The molecule has 142 valence electrons. The fraction of sp³-hybridized carbons (Fsp3) is 0.286. The van der Waals surface area contributed by atoms with Crippen LogP contribution in [0.1, 0.15) is 39.6 Å². The van der Waals surface area contributed by atoms with Crippen molar-refractivity contribution in [2.24, 2.45) is 0 Å². The summed E-state index contributed by atoms with van der Waals surface area (Å²) in [4.78, 5) is 16.9. The number of hydrogen-bond acceptors (Lipinski definition) is 4. The molecule has 0 unspecified atom stereocenters. The third kappa shape index (κ3) is 3.52. The molecular formula is C21H15F3N2OS. The van der Waals surface area contributed by atoms with E-state index in [0.29, 0.717) is 4.70 Å². The van der Waals surface area contributed by atoms with Crippen LogP contribution in [0.3, 0.4) is 0 Å². The van der Waals surface area contributed by atoms with Crippen LogP contribution in [0.25, 0.3) is 10.2 Å². The molecule has 0 saturated heterocycles. The molecule has 1 aliphatic rings. The molecule has 3 nitrogen and oxygen atoms in total. The molecule has 1 aromatic heterocycles. The fourth-order valence-electron chi connectivity index (χ4n) is 3.55. The summed E-state index contributed by atoms with van der Waals surface area (Å²) in [5, 5.41) is 9.75. The highest BCUT2D eigenvalue weighted by molar-refractivity contribution is 7.18. The smallest absolute Gasteiger partial charge is 0.297 e. The summed E-state index contributed by atoms with van der Waals surface area (Å²) in [7, 11) is 0. The van der Waals surface area contributed by atoms with E-state index in [-0.39, 0.29) is 22.7 Å². The van der Waals surface area contributed by atoms with Crippen molar-refractivity contribution in [3.05, 3.63) is 63.7 Å². The van der Waals surface area contributed by atoms with E-state index in [9.17, 15) is 23.2 Å². The van der Waals surface area contributed by atoms with Gasteiger partial charge in [0, 0.05) is 6.42 Å². The zero-order valence-electron chi connectivity index (χ0n) is 14.7. The number of aromatic nitrogens is 1. The van der Waals surface area contributed by atoms with Crippen molar-refractivity contribution in [1.29, 1.82) is 5.26 Å². The minimum absolute atomic E-state index is 0.106. The number of alkyl halides is 3. The number of rotatable bonds is 4. The molecule has 28 heavy (non-hydrogen) atoms. The Bertz CT molecular complexity index is 1110. The Kier molecular flexibility index (Phi) is 4.68. The highest BCUT2D eigenvalue weighted by Gasteiger charge is 2.31. The van der Waals surface area contributed by atoms with E-state index in [1.807, 2.05) is 24.3 Å². The second-order valence-electron chi connectivity index (χ2n) is 6.89. The molecule has 1 aliphatic carbocycles. The lowest BCUT2D eigenvalue weighted by Gasteiger charge is -2.07. The summed E-state index contributed by atoms with van der Waals surface area (Å²) in [6.45, 7) is 0. The number of carbonyl (C=O) groups excluding carboxylic acids is 1. The molecule has 0 saturated carbocycles. The largest absolute Gasteiger partial charge is 0.416 e. The highest BCUT2D eigenvalue weighted by Crippen LogP contribution is 2.34. The molecule has 0 bridgehead atoms. The molecule has 2 aromatic carbocycles. The van der Waals surface area contributed by atoms with Crippen LogP contribution in [-0.4, -0.2) is 10.8 Å². The Morgan fingerprint density at radius 1 is 1.18 bits per heavy atom. The summed E-state index contributed by atoms with van der Waals surface area (Å²) in [6.07, 6.45) is -1.20. The molecule has 4 rings (SSSR count). The molecule has 0 radical (unpaired) electrons. The predicted octanol–water partition coefficient (Wildman–Crippen LogP) is 5.22. The molecule has 7 heteroatoms. The van der Waals surface area contributed by atoms with Crippen molar-refractivity contribution in [1.82, 2.24) is 4.98 Å². The van der Waals surface area contributed by atoms with Crippen LogP contribution in [0.2, 0.25) is 0 Å². The maximum Gasteiger partial charge on any atom is 0.416 e. The maximum atomic E-state index is 12.9. The van der Waals surface area contributed by atoms with Gasteiger partial charge in [-0.1, -0.05) is 18.2 Å². The molecular weight excluding hydrogens is 385 g/mol. The van der Waals surface area contributed by atoms with E-state index in [4.69, 9.17) is 0 Å². The van der Waals surface area contributed by atoms with Gasteiger partial charge in [-0.3, -0.25) is 4.79 Å². The number of carbonyl (C=O) groups is 1. The zero-order chi connectivity index (χ0) is 19.9. The molecule has 1 heterocycles. The second kappa shape index (κ2) is 7.02. The van der Waals surface area contributed by atoms with E-state index in [2.05, 4.69) is 4.98 Å².